The summed E-state index contributed by atoms with van der Waals surface area (Å²) < 4.78 is 9.54. The zero-order valence-electron chi connectivity index (χ0n) is 9.44. The van der Waals surface area contributed by atoms with Crippen molar-refractivity contribution < 1.29 is 14.3 Å². The molecule has 0 aliphatic rings. The molecule has 0 amide bonds. The van der Waals surface area contributed by atoms with Crippen molar-refractivity contribution in [1.29, 1.82) is 0 Å². The topological polar surface area (TPSA) is 72.8 Å². The van der Waals surface area contributed by atoms with Gasteiger partial charge in [0.25, 0.3) is 0 Å². The van der Waals surface area contributed by atoms with Crippen molar-refractivity contribution in [2.24, 2.45) is 5.10 Å². The van der Waals surface area contributed by atoms with Gasteiger partial charge in [0, 0.05) is 6.07 Å². The number of aromatic nitrogens is 1. The molecule has 0 fully saturated rings. The minimum absolute atomic E-state index is 0.245. The number of nitrogens with one attached hydrogen (secondary N) is 1. The molecular weight excluding hydrogens is 246 g/mol. The quantitative estimate of drug-likeness (QED) is 0.493. The number of anilines is 1. The highest BCUT2D eigenvalue weighted by Gasteiger charge is 2.08. The van der Waals surface area contributed by atoms with Gasteiger partial charge in [0.1, 0.15) is 0 Å². The number of hydrazone groups is 1. The van der Waals surface area contributed by atoms with Crippen molar-refractivity contribution in [3.05, 3.63) is 18.3 Å². The average molecular weight is 258 g/mol. The van der Waals surface area contributed by atoms with Crippen LogP contribution in [0.5, 0.6) is 5.88 Å². The summed E-state index contributed by atoms with van der Waals surface area (Å²) in [6, 6.07) is 3.33. The zero-order valence-corrected chi connectivity index (χ0v) is 10.2. The lowest BCUT2D eigenvalue weighted by Gasteiger charge is -2.02. The summed E-state index contributed by atoms with van der Waals surface area (Å²) in [5.41, 5.74) is 3.15. The van der Waals surface area contributed by atoms with E-state index in [1.54, 1.807) is 19.1 Å². The number of hydrogen-bond donors (Lipinski definition) is 1. The van der Waals surface area contributed by atoms with E-state index in [1.165, 1.54) is 13.3 Å². The van der Waals surface area contributed by atoms with E-state index in [4.69, 9.17) is 16.3 Å². The van der Waals surface area contributed by atoms with Crippen LogP contribution < -0.4 is 10.2 Å². The summed E-state index contributed by atoms with van der Waals surface area (Å²) in [6.45, 7) is 1.93. The SMILES string of the molecule is CCOC(=O)C(Cl)=NNc1ccc(OC)nc1. The molecule has 0 saturated carbocycles. The largest absolute Gasteiger partial charge is 0.481 e. The number of esters is 1. The number of hydrogen-bond acceptors (Lipinski definition) is 6. The number of nitrogens with zero attached hydrogens (tertiary/aromatic N) is 2. The lowest BCUT2D eigenvalue weighted by Crippen LogP contribution is -2.13. The average Bonchev–Trinajstić information content (AvgIpc) is 2.36. The molecule has 0 aliphatic carbocycles. The smallest absolute Gasteiger partial charge is 0.370 e. The monoisotopic (exact) mass is 257 g/mol. The fourth-order valence-electron chi connectivity index (χ4n) is 0.917. The molecule has 0 spiro atoms. The van der Waals surface area contributed by atoms with E-state index < -0.39 is 5.97 Å². The molecule has 1 rings (SSSR count). The van der Waals surface area contributed by atoms with Crippen molar-refractivity contribution in [3.8, 4) is 5.88 Å². The van der Waals surface area contributed by atoms with Crippen LogP contribution in [0.3, 0.4) is 0 Å². The first-order valence-electron chi connectivity index (χ1n) is 4.83. The van der Waals surface area contributed by atoms with E-state index in [1.807, 2.05) is 0 Å². The molecule has 0 atom stereocenters. The Labute approximate surface area is 104 Å². The molecule has 0 saturated heterocycles. The molecule has 6 nitrogen and oxygen atoms in total. The predicted molar refractivity (Wildman–Crippen MR) is 64.3 cm³/mol. The van der Waals surface area contributed by atoms with Crippen LogP contribution in [0.25, 0.3) is 0 Å². The first-order valence-corrected chi connectivity index (χ1v) is 5.21. The van der Waals surface area contributed by atoms with Gasteiger partial charge in [-0.1, -0.05) is 11.6 Å². The van der Waals surface area contributed by atoms with E-state index in [0.717, 1.165) is 0 Å². The van der Waals surface area contributed by atoms with Crippen molar-refractivity contribution in [1.82, 2.24) is 4.98 Å². The molecule has 7 heteroatoms. The molecule has 17 heavy (non-hydrogen) atoms. The van der Waals surface area contributed by atoms with Gasteiger partial charge in [0.05, 0.1) is 25.6 Å². The number of ether oxygens (including phenoxy) is 2. The first-order chi connectivity index (χ1) is 8.17. The van der Waals surface area contributed by atoms with Gasteiger partial charge in [-0.05, 0) is 13.0 Å². The molecule has 0 radical (unpaired) electrons. The fraction of sp³-hybridized carbons (Fsp3) is 0.300. The van der Waals surface area contributed by atoms with E-state index in [0.29, 0.717) is 11.6 Å². The van der Waals surface area contributed by atoms with Gasteiger partial charge < -0.3 is 9.47 Å². The number of halogens is 1. The van der Waals surface area contributed by atoms with Crippen molar-refractivity contribution in [3.63, 3.8) is 0 Å². The van der Waals surface area contributed by atoms with Crippen LogP contribution in [-0.2, 0) is 9.53 Å². The minimum atomic E-state index is -0.678. The summed E-state index contributed by atoms with van der Waals surface area (Å²) in [6.07, 6.45) is 1.50. The summed E-state index contributed by atoms with van der Waals surface area (Å²) >= 11 is 5.59. The van der Waals surface area contributed by atoms with E-state index in [2.05, 4.69) is 20.2 Å². The molecule has 1 aromatic heterocycles. The third-order valence-electron chi connectivity index (χ3n) is 1.67. The Bertz CT molecular complexity index is 406. The van der Waals surface area contributed by atoms with Gasteiger partial charge in [-0.25, -0.2) is 9.78 Å². The van der Waals surface area contributed by atoms with Crippen LogP contribution >= 0.6 is 11.6 Å². The first kappa shape index (κ1) is 13.2. The van der Waals surface area contributed by atoms with Crippen LogP contribution in [0.15, 0.2) is 23.4 Å². The molecule has 92 valence electrons. The van der Waals surface area contributed by atoms with Crippen LogP contribution in [0.1, 0.15) is 6.92 Å². The number of carbonyl (C=O) groups is 1. The lowest BCUT2D eigenvalue weighted by molar-refractivity contribution is -0.134. The van der Waals surface area contributed by atoms with Gasteiger partial charge in [0.2, 0.25) is 11.1 Å². The molecule has 1 N–H and O–H groups in total. The highest BCUT2D eigenvalue weighted by atomic mass is 35.5. The Morgan fingerprint density at radius 3 is 2.88 bits per heavy atom. The molecule has 0 bridgehead atoms. The second-order valence-electron chi connectivity index (χ2n) is 2.82. The highest BCUT2D eigenvalue weighted by molar-refractivity contribution is 6.82. The van der Waals surface area contributed by atoms with E-state index in [9.17, 15) is 4.79 Å². The summed E-state index contributed by atoms with van der Waals surface area (Å²) in [7, 11) is 1.52. The second kappa shape index (κ2) is 6.70. The maximum atomic E-state index is 11.1. The Kier molecular flexibility index (Phi) is 5.22. The Morgan fingerprint density at radius 1 is 1.59 bits per heavy atom. The molecular formula is C10H12ClN3O3. The second-order valence-corrected chi connectivity index (χ2v) is 3.18. The van der Waals surface area contributed by atoms with Crippen molar-refractivity contribution in [2.45, 2.75) is 6.92 Å². The van der Waals surface area contributed by atoms with Crippen LogP contribution in [-0.4, -0.2) is 29.8 Å². The van der Waals surface area contributed by atoms with Gasteiger partial charge in [0.15, 0.2) is 0 Å². The third kappa shape index (κ3) is 4.28. The van der Waals surface area contributed by atoms with Gasteiger partial charge in [-0.15, -0.1) is 0 Å². The van der Waals surface area contributed by atoms with E-state index in [-0.39, 0.29) is 11.8 Å². The minimum Gasteiger partial charge on any atom is -0.481 e. The predicted octanol–water partition coefficient (Wildman–Crippen LogP) is 1.62. The lowest BCUT2D eigenvalue weighted by atomic mass is 10.4. The maximum absolute atomic E-state index is 11.1. The van der Waals surface area contributed by atoms with Gasteiger partial charge in [-0.2, -0.15) is 5.10 Å². The van der Waals surface area contributed by atoms with Crippen molar-refractivity contribution in [2.75, 3.05) is 19.1 Å². The number of pyridine rings is 1. The standard InChI is InChI=1S/C10H12ClN3O3/c1-3-17-10(15)9(11)14-13-7-4-5-8(16-2)12-6-7/h4-6,13H,3H2,1-2H3. The number of methoxy groups -OCH3 is 1. The maximum Gasteiger partial charge on any atom is 0.370 e. The van der Waals surface area contributed by atoms with Crippen LogP contribution in [0, 0.1) is 0 Å². The van der Waals surface area contributed by atoms with Crippen LogP contribution in [0.4, 0.5) is 5.69 Å². The normalized spacial score (nSPS) is 10.9. The summed E-state index contributed by atoms with van der Waals surface area (Å²) in [5, 5.41) is 3.37. The zero-order chi connectivity index (χ0) is 12.7. The van der Waals surface area contributed by atoms with E-state index >= 15 is 0 Å². The Morgan fingerprint density at radius 2 is 2.35 bits per heavy atom. The molecule has 0 aliphatic heterocycles. The number of rotatable bonds is 5. The molecule has 1 heterocycles. The number of carbonyl (C=O) groups excluding carboxylic acids is 1. The van der Waals surface area contributed by atoms with Gasteiger partial charge >= 0.3 is 5.97 Å². The Hall–Kier alpha value is -1.82. The summed E-state index contributed by atoms with van der Waals surface area (Å²) in [4.78, 5) is 15.0. The van der Waals surface area contributed by atoms with Crippen molar-refractivity contribution >= 4 is 28.4 Å². The Balaban J connectivity index is 2.59. The molecule has 1 aromatic rings. The molecule has 0 unspecified atom stereocenters. The fourth-order valence-corrected chi connectivity index (χ4v) is 1.01. The third-order valence-corrected chi connectivity index (χ3v) is 1.91. The summed E-state index contributed by atoms with van der Waals surface area (Å²) in [5.74, 6) is -0.195. The highest BCUT2D eigenvalue weighted by Crippen LogP contribution is 2.10. The molecule has 0 aromatic carbocycles. The van der Waals surface area contributed by atoms with Crippen LogP contribution in [0.2, 0.25) is 0 Å². The van der Waals surface area contributed by atoms with Gasteiger partial charge in [-0.3, -0.25) is 5.43 Å².